The van der Waals surface area contributed by atoms with Gasteiger partial charge in [0.2, 0.25) is 0 Å². The smallest absolute Gasteiger partial charge is 0.338 e. The predicted octanol–water partition coefficient (Wildman–Crippen LogP) is 2.55. The second-order valence-electron chi connectivity index (χ2n) is 7.17. The van der Waals surface area contributed by atoms with Crippen molar-refractivity contribution in [2.24, 2.45) is 0 Å². The third kappa shape index (κ3) is 6.19. The summed E-state index contributed by atoms with van der Waals surface area (Å²) in [5.41, 5.74) is 0.785. The molecule has 0 aliphatic rings. The Kier molecular flexibility index (Phi) is 6.87. The number of benzene rings is 1. The molecule has 0 saturated heterocycles. The van der Waals surface area contributed by atoms with Gasteiger partial charge >= 0.3 is 11.9 Å². The van der Waals surface area contributed by atoms with E-state index in [2.05, 4.69) is 10.3 Å². The van der Waals surface area contributed by atoms with E-state index in [1.54, 1.807) is 63.2 Å². The lowest BCUT2D eigenvalue weighted by molar-refractivity contribution is -0.142. The van der Waals surface area contributed by atoms with Crippen LogP contribution in [0.1, 0.15) is 47.2 Å². The Morgan fingerprint density at radius 1 is 1.07 bits per heavy atom. The summed E-state index contributed by atoms with van der Waals surface area (Å²) in [5, 5.41) is 2.63. The van der Waals surface area contributed by atoms with Crippen molar-refractivity contribution in [2.45, 2.75) is 38.8 Å². The van der Waals surface area contributed by atoms with Crippen LogP contribution in [0.4, 0.5) is 0 Å². The van der Waals surface area contributed by atoms with E-state index in [1.807, 2.05) is 0 Å². The number of pyridine rings is 1. The van der Waals surface area contributed by atoms with Crippen LogP contribution in [-0.4, -0.2) is 41.6 Å². The second-order valence-corrected chi connectivity index (χ2v) is 7.17. The molecule has 1 atom stereocenters. The molecular weight excluding hydrogens is 360 g/mol. The van der Waals surface area contributed by atoms with E-state index in [0.29, 0.717) is 5.56 Å². The lowest BCUT2D eigenvalue weighted by Crippen LogP contribution is -2.43. The van der Waals surface area contributed by atoms with E-state index in [1.165, 1.54) is 13.3 Å². The first-order valence-electron chi connectivity index (χ1n) is 8.81. The van der Waals surface area contributed by atoms with Crippen LogP contribution in [0.25, 0.3) is 0 Å². The van der Waals surface area contributed by atoms with E-state index in [9.17, 15) is 14.4 Å². The Balaban J connectivity index is 2.09. The number of amides is 1. The van der Waals surface area contributed by atoms with Gasteiger partial charge in [-0.15, -0.1) is 0 Å². The molecule has 0 radical (unpaired) electrons. The fourth-order valence-electron chi connectivity index (χ4n) is 2.41. The van der Waals surface area contributed by atoms with E-state index in [0.717, 1.165) is 5.56 Å². The lowest BCUT2D eigenvalue weighted by atomic mass is 10.0. The summed E-state index contributed by atoms with van der Waals surface area (Å²) in [6.07, 6.45) is 1.71. The molecule has 148 valence electrons. The fourth-order valence-corrected chi connectivity index (χ4v) is 2.41. The van der Waals surface area contributed by atoms with Crippen molar-refractivity contribution in [1.29, 1.82) is 0 Å². The number of methoxy groups -OCH3 is 1. The van der Waals surface area contributed by atoms with Crippen LogP contribution in [0.3, 0.4) is 0 Å². The Morgan fingerprint density at radius 2 is 1.75 bits per heavy atom. The summed E-state index contributed by atoms with van der Waals surface area (Å²) in [7, 11) is 1.26. The average molecular weight is 384 g/mol. The molecule has 2 aromatic rings. The normalized spacial score (nSPS) is 12.0. The minimum Gasteiger partial charge on any atom is -0.467 e. The second kappa shape index (κ2) is 9.12. The molecule has 2 rings (SSSR count). The van der Waals surface area contributed by atoms with Gasteiger partial charge < -0.3 is 14.8 Å². The molecule has 7 nitrogen and oxygen atoms in total. The molecule has 0 fully saturated rings. The van der Waals surface area contributed by atoms with E-state index in [-0.39, 0.29) is 12.1 Å². The summed E-state index contributed by atoms with van der Waals surface area (Å²) in [6.45, 7) is 5.39. The Bertz CT molecular complexity index is 826. The zero-order chi connectivity index (χ0) is 20.7. The number of nitrogens with zero attached hydrogens (tertiary/aromatic N) is 1. The largest absolute Gasteiger partial charge is 0.467 e. The topological polar surface area (TPSA) is 94.6 Å². The Labute approximate surface area is 164 Å². The van der Waals surface area contributed by atoms with Crippen LogP contribution in [0, 0.1) is 0 Å². The predicted molar refractivity (Wildman–Crippen MR) is 103 cm³/mol. The zero-order valence-electron chi connectivity index (χ0n) is 16.4. The maximum atomic E-state index is 12.3. The number of aromatic nitrogens is 1. The van der Waals surface area contributed by atoms with Gasteiger partial charge in [0, 0.05) is 12.6 Å². The average Bonchev–Trinajstić information content (AvgIpc) is 2.66. The minimum atomic E-state index is -0.883. The standard InChI is InChI=1S/C21H24N2O5/c1-21(2,3)28-19(25)15-10-8-14(9-11-15)13-17(20(26)27-4)23-18(24)16-7-5-6-12-22-16/h5-12,17H,13H2,1-4H3,(H,23,24)/t17-/m1/s1. The van der Waals surface area contributed by atoms with Gasteiger partial charge in [0.15, 0.2) is 0 Å². The number of carbonyl (C=O) groups excluding carboxylic acids is 3. The van der Waals surface area contributed by atoms with E-state index < -0.39 is 29.5 Å². The summed E-state index contributed by atoms with van der Waals surface area (Å²) in [6, 6.07) is 10.7. The molecule has 0 saturated carbocycles. The van der Waals surface area contributed by atoms with Crippen molar-refractivity contribution in [3.05, 3.63) is 65.5 Å². The van der Waals surface area contributed by atoms with Crippen molar-refractivity contribution < 1.29 is 23.9 Å². The van der Waals surface area contributed by atoms with Gasteiger partial charge in [-0.3, -0.25) is 9.78 Å². The SMILES string of the molecule is COC(=O)[C@@H](Cc1ccc(C(=O)OC(C)(C)C)cc1)NC(=O)c1ccccn1. The van der Waals surface area contributed by atoms with Gasteiger partial charge in [-0.05, 0) is 50.6 Å². The van der Waals surface area contributed by atoms with Gasteiger partial charge in [0.05, 0.1) is 12.7 Å². The quantitative estimate of drug-likeness (QED) is 0.769. The van der Waals surface area contributed by atoms with Crippen molar-refractivity contribution in [1.82, 2.24) is 10.3 Å². The monoisotopic (exact) mass is 384 g/mol. The van der Waals surface area contributed by atoms with Crippen molar-refractivity contribution in [3.8, 4) is 0 Å². The number of hydrogen-bond acceptors (Lipinski definition) is 6. The van der Waals surface area contributed by atoms with Gasteiger partial charge in [0.1, 0.15) is 17.3 Å². The highest BCUT2D eigenvalue weighted by molar-refractivity contribution is 5.95. The molecule has 1 aromatic carbocycles. The molecule has 7 heteroatoms. The third-order valence-electron chi connectivity index (χ3n) is 3.72. The molecule has 0 unspecified atom stereocenters. The van der Waals surface area contributed by atoms with Gasteiger partial charge in [-0.1, -0.05) is 18.2 Å². The molecular formula is C21H24N2O5. The summed E-state index contributed by atoms with van der Waals surface area (Å²) < 4.78 is 10.1. The molecule has 1 heterocycles. The molecule has 28 heavy (non-hydrogen) atoms. The van der Waals surface area contributed by atoms with Crippen LogP contribution in [-0.2, 0) is 20.7 Å². The van der Waals surface area contributed by atoms with Crippen LogP contribution < -0.4 is 5.32 Å². The van der Waals surface area contributed by atoms with Gasteiger partial charge in [-0.2, -0.15) is 0 Å². The summed E-state index contributed by atoms with van der Waals surface area (Å²) in [5.74, 6) is -1.46. The molecule has 1 amide bonds. The first-order valence-corrected chi connectivity index (χ1v) is 8.81. The summed E-state index contributed by atoms with van der Waals surface area (Å²) >= 11 is 0. The first kappa shape index (κ1) is 21.1. The molecule has 1 aromatic heterocycles. The van der Waals surface area contributed by atoms with Crippen LogP contribution in [0.15, 0.2) is 48.7 Å². The van der Waals surface area contributed by atoms with Crippen LogP contribution in [0.2, 0.25) is 0 Å². The van der Waals surface area contributed by atoms with Crippen molar-refractivity contribution >= 4 is 17.8 Å². The van der Waals surface area contributed by atoms with Crippen LogP contribution >= 0.6 is 0 Å². The summed E-state index contributed by atoms with van der Waals surface area (Å²) in [4.78, 5) is 40.4. The molecule has 0 aliphatic carbocycles. The number of esters is 2. The highest BCUT2D eigenvalue weighted by atomic mass is 16.6. The van der Waals surface area contributed by atoms with Crippen molar-refractivity contribution in [2.75, 3.05) is 7.11 Å². The lowest BCUT2D eigenvalue weighted by Gasteiger charge is -2.19. The number of ether oxygens (including phenoxy) is 2. The number of hydrogen-bond donors (Lipinski definition) is 1. The molecule has 1 N–H and O–H groups in total. The number of carbonyl (C=O) groups is 3. The maximum absolute atomic E-state index is 12.3. The molecule has 0 aliphatic heterocycles. The Morgan fingerprint density at radius 3 is 2.29 bits per heavy atom. The number of rotatable bonds is 6. The fraction of sp³-hybridized carbons (Fsp3) is 0.333. The third-order valence-corrected chi connectivity index (χ3v) is 3.72. The maximum Gasteiger partial charge on any atom is 0.338 e. The minimum absolute atomic E-state index is 0.205. The molecule has 0 spiro atoms. The van der Waals surface area contributed by atoms with Gasteiger partial charge in [0.25, 0.3) is 5.91 Å². The highest BCUT2D eigenvalue weighted by Crippen LogP contribution is 2.14. The highest BCUT2D eigenvalue weighted by Gasteiger charge is 2.23. The zero-order valence-corrected chi connectivity index (χ0v) is 16.4. The Hall–Kier alpha value is -3.22. The van der Waals surface area contributed by atoms with E-state index >= 15 is 0 Å². The van der Waals surface area contributed by atoms with Gasteiger partial charge in [-0.25, -0.2) is 9.59 Å². The molecule has 0 bridgehead atoms. The first-order chi connectivity index (χ1) is 13.2. The van der Waals surface area contributed by atoms with Crippen molar-refractivity contribution in [3.63, 3.8) is 0 Å². The van der Waals surface area contributed by atoms with Crippen LogP contribution in [0.5, 0.6) is 0 Å². The van der Waals surface area contributed by atoms with E-state index in [4.69, 9.17) is 9.47 Å². The number of nitrogens with one attached hydrogen (secondary N) is 1.